The normalized spacial score (nSPS) is 16.0. The maximum absolute atomic E-state index is 13.2. The predicted molar refractivity (Wildman–Crippen MR) is 132 cm³/mol. The molecule has 1 fully saturated rings. The van der Waals surface area contributed by atoms with E-state index in [1.54, 1.807) is 60.5 Å². The number of nitrogens with one attached hydrogen (secondary N) is 2. The molecule has 1 saturated heterocycles. The van der Waals surface area contributed by atoms with Crippen LogP contribution in [0.5, 0.6) is 5.75 Å². The smallest absolute Gasteiger partial charge is 0.253 e. The maximum atomic E-state index is 13.2. The van der Waals surface area contributed by atoms with Gasteiger partial charge in [-0.05, 0) is 61.9 Å². The first kappa shape index (κ1) is 25.3. The van der Waals surface area contributed by atoms with Crippen LogP contribution in [0.3, 0.4) is 0 Å². The fraction of sp³-hybridized carbons (Fsp3) is 0.444. The molecule has 2 atom stereocenters. The van der Waals surface area contributed by atoms with Crippen molar-refractivity contribution in [1.29, 1.82) is 0 Å². The molecule has 1 aliphatic rings. The van der Waals surface area contributed by atoms with Gasteiger partial charge in [0.25, 0.3) is 11.8 Å². The van der Waals surface area contributed by atoms with Crippen molar-refractivity contribution in [3.63, 3.8) is 0 Å². The van der Waals surface area contributed by atoms with Crippen LogP contribution in [0.2, 0.25) is 0 Å². The van der Waals surface area contributed by atoms with Crippen LogP contribution >= 0.6 is 0 Å². The molecular formula is C27H35N3O4. The molecule has 0 bridgehead atoms. The second kappa shape index (κ2) is 11.7. The third-order valence-electron chi connectivity index (χ3n) is 6.59. The SMILES string of the molecule is COc1cccc(C(=O)N2CCC([C@H](NC(=O)c3ccccc3)C(=O)N[C@H](C)C(C)C)CC2)c1. The summed E-state index contributed by atoms with van der Waals surface area (Å²) in [6.45, 7) is 7.10. The van der Waals surface area contributed by atoms with Gasteiger partial charge < -0.3 is 20.3 Å². The molecule has 2 N–H and O–H groups in total. The van der Waals surface area contributed by atoms with Crippen LogP contribution in [-0.2, 0) is 4.79 Å². The lowest BCUT2D eigenvalue weighted by atomic mass is 9.87. The predicted octanol–water partition coefficient (Wildman–Crippen LogP) is 3.51. The molecule has 34 heavy (non-hydrogen) atoms. The Morgan fingerprint density at radius 2 is 1.56 bits per heavy atom. The Balaban J connectivity index is 1.70. The Morgan fingerprint density at radius 3 is 2.18 bits per heavy atom. The maximum Gasteiger partial charge on any atom is 0.253 e. The largest absolute Gasteiger partial charge is 0.497 e. The van der Waals surface area contributed by atoms with Crippen molar-refractivity contribution in [2.75, 3.05) is 20.2 Å². The Kier molecular flexibility index (Phi) is 8.68. The van der Waals surface area contributed by atoms with E-state index in [9.17, 15) is 14.4 Å². The third kappa shape index (κ3) is 6.37. The van der Waals surface area contributed by atoms with Crippen LogP contribution in [0.15, 0.2) is 54.6 Å². The number of likely N-dealkylation sites (tertiary alicyclic amines) is 1. The summed E-state index contributed by atoms with van der Waals surface area (Å²) in [7, 11) is 1.57. The molecule has 3 amide bonds. The lowest BCUT2D eigenvalue weighted by Crippen LogP contribution is -2.55. The first-order valence-electron chi connectivity index (χ1n) is 11.9. The van der Waals surface area contributed by atoms with E-state index in [2.05, 4.69) is 10.6 Å². The summed E-state index contributed by atoms with van der Waals surface area (Å²) in [6.07, 6.45) is 1.25. The first-order valence-corrected chi connectivity index (χ1v) is 11.9. The zero-order chi connectivity index (χ0) is 24.7. The number of hydrogen-bond acceptors (Lipinski definition) is 4. The van der Waals surface area contributed by atoms with Gasteiger partial charge in [0.1, 0.15) is 11.8 Å². The van der Waals surface area contributed by atoms with Gasteiger partial charge in [-0.1, -0.05) is 38.1 Å². The van der Waals surface area contributed by atoms with Gasteiger partial charge in [-0.15, -0.1) is 0 Å². The van der Waals surface area contributed by atoms with Gasteiger partial charge in [-0.3, -0.25) is 14.4 Å². The summed E-state index contributed by atoms with van der Waals surface area (Å²) in [5.74, 6) is 0.342. The molecule has 3 rings (SSSR count). The summed E-state index contributed by atoms with van der Waals surface area (Å²) in [6, 6.07) is 15.3. The van der Waals surface area contributed by atoms with Crippen LogP contribution < -0.4 is 15.4 Å². The van der Waals surface area contributed by atoms with Crippen molar-refractivity contribution in [3.8, 4) is 5.75 Å². The van der Waals surface area contributed by atoms with Crippen molar-refractivity contribution in [2.45, 2.75) is 45.7 Å². The Labute approximate surface area is 201 Å². The van der Waals surface area contributed by atoms with Gasteiger partial charge in [0.05, 0.1) is 7.11 Å². The van der Waals surface area contributed by atoms with E-state index in [0.717, 1.165) is 0 Å². The standard InChI is InChI=1S/C27H35N3O4/c1-18(2)19(3)28-26(32)24(29-25(31)21-9-6-5-7-10-21)20-13-15-30(16-14-20)27(33)22-11-8-12-23(17-22)34-4/h5-12,17-20,24H,13-16H2,1-4H3,(H,28,32)(H,29,31)/t19-,24+/m1/s1. The average Bonchev–Trinajstić information content (AvgIpc) is 2.87. The van der Waals surface area contributed by atoms with Crippen molar-refractivity contribution in [3.05, 3.63) is 65.7 Å². The molecule has 0 aliphatic carbocycles. The van der Waals surface area contributed by atoms with Gasteiger partial charge in [-0.25, -0.2) is 0 Å². The summed E-state index contributed by atoms with van der Waals surface area (Å²) in [4.78, 5) is 40.9. The molecule has 1 heterocycles. The number of methoxy groups -OCH3 is 1. The number of nitrogens with zero attached hydrogens (tertiary/aromatic N) is 1. The van der Waals surface area contributed by atoms with Gasteiger partial charge in [-0.2, -0.15) is 0 Å². The average molecular weight is 466 g/mol. The van der Waals surface area contributed by atoms with E-state index < -0.39 is 6.04 Å². The summed E-state index contributed by atoms with van der Waals surface area (Å²) in [5.41, 5.74) is 1.10. The molecule has 1 aliphatic heterocycles. The number of carbonyl (C=O) groups is 3. The molecule has 0 saturated carbocycles. The highest BCUT2D eigenvalue weighted by atomic mass is 16.5. The van der Waals surface area contributed by atoms with Gasteiger partial charge in [0.15, 0.2) is 0 Å². The van der Waals surface area contributed by atoms with Crippen molar-refractivity contribution < 1.29 is 19.1 Å². The number of ether oxygens (including phenoxy) is 1. The number of carbonyl (C=O) groups excluding carboxylic acids is 3. The lowest BCUT2D eigenvalue weighted by molar-refractivity contribution is -0.125. The van der Waals surface area contributed by atoms with E-state index >= 15 is 0 Å². The molecule has 2 aromatic carbocycles. The minimum Gasteiger partial charge on any atom is -0.497 e. The number of amides is 3. The highest BCUT2D eigenvalue weighted by Gasteiger charge is 2.35. The van der Waals surface area contributed by atoms with Gasteiger partial charge >= 0.3 is 0 Å². The lowest BCUT2D eigenvalue weighted by Gasteiger charge is -2.36. The fourth-order valence-corrected chi connectivity index (χ4v) is 4.07. The molecule has 7 heteroatoms. The molecule has 182 valence electrons. The Hall–Kier alpha value is -3.35. The second-order valence-corrected chi connectivity index (χ2v) is 9.22. The van der Waals surface area contributed by atoms with Gasteiger partial charge in [0, 0.05) is 30.3 Å². The molecular weight excluding hydrogens is 430 g/mol. The number of benzene rings is 2. The van der Waals surface area contributed by atoms with E-state index in [1.165, 1.54) is 0 Å². The highest BCUT2D eigenvalue weighted by Crippen LogP contribution is 2.24. The summed E-state index contributed by atoms with van der Waals surface area (Å²) >= 11 is 0. The first-order chi connectivity index (χ1) is 16.3. The quantitative estimate of drug-likeness (QED) is 0.625. The zero-order valence-electron chi connectivity index (χ0n) is 20.4. The molecule has 0 aromatic heterocycles. The van der Waals surface area contributed by atoms with Crippen molar-refractivity contribution >= 4 is 17.7 Å². The molecule has 7 nitrogen and oxygen atoms in total. The Bertz CT molecular complexity index is 984. The fourth-order valence-electron chi connectivity index (χ4n) is 4.07. The second-order valence-electron chi connectivity index (χ2n) is 9.22. The number of hydrogen-bond donors (Lipinski definition) is 2. The zero-order valence-corrected chi connectivity index (χ0v) is 20.4. The minimum atomic E-state index is -0.664. The van der Waals surface area contributed by atoms with E-state index in [-0.39, 0.29) is 35.6 Å². The van der Waals surface area contributed by atoms with Crippen molar-refractivity contribution in [1.82, 2.24) is 15.5 Å². The van der Waals surface area contributed by atoms with Crippen molar-refractivity contribution in [2.24, 2.45) is 11.8 Å². The van der Waals surface area contributed by atoms with E-state index in [4.69, 9.17) is 4.74 Å². The molecule has 2 aromatic rings. The Morgan fingerprint density at radius 1 is 0.912 bits per heavy atom. The van der Waals surface area contributed by atoms with Crippen LogP contribution in [0.4, 0.5) is 0 Å². The van der Waals surface area contributed by atoms with E-state index in [1.807, 2.05) is 26.8 Å². The van der Waals surface area contributed by atoms with Crippen LogP contribution in [0, 0.1) is 11.8 Å². The van der Waals surface area contributed by atoms with E-state index in [0.29, 0.717) is 42.8 Å². The highest BCUT2D eigenvalue weighted by molar-refractivity contribution is 5.98. The third-order valence-corrected chi connectivity index (χ3v) is 6.59. The van der Waals surface area contributed by atoms with Crippen LogP contribution in [0.25, 0.3) is 0 Å². The van der Waals surface area contributed by atoms with Crippen LogP contribution in [-0.4, -0.2) is 54.9 Å². The minimum absolute atomic E-state index is 0.0154. The molecule has 0 spiro atoms. The topological polar surface area (TPSA) is 87.7 Å². The van der Waals surface area contributed by atoms with Gasteiger partial charge in [0.2, 0.25) is 5.91 Å². The summed E-state index contributed by atoms with van der Waals surface area (Å²) < 4.78 is 5.23. The molecule has 0 radical (unpaired) electrons. The number of piperidine rings is 1. The number of rotatable bonds is 8. The monoisotopic (exact) mass is 465 g/mol. The molecule has 0 unspecified atom stereocenters. The van der Waals surface area contributed by atoms with Crippen LogP contribution in [0.1, 0.15) is 54.3 Å². The summed E-state index contributed by atoms with van der Waals surface area (Å²) in [5, 5.41) is 6.02.